The number of aromatic nitrogens is 2. The van der Waals surface area contributed by atoms with Crippen molar-refractivity contribution in [1.82, 2.24) is 9.55 Å². The number of anilines is 2. The molecule has 2 unspecified atom stereocenters. The molecule has 3 aliphatic rings. The van der Waals surface area contributed by atoms with E-state index in [2.05, 4.69) is 154 Å². The molecule has 11 rings (SSSR count). The number of ether oxygens (including phenoxy) is 1. The molecule has 1 aliphatic carbocycles. The zero-order valence-electron chi connectivity index (χ0n) is 26.4. The molecule has 5 heteroatoms. The number of H-pyrrole nitrogens is 1. The van der Waals surface area contributed by atoms with E-state index in [-0.39, 0.29) is 17.5 Å². The van der Waals surface area contributed by atoms with Gasteiger partial charge in [0.25, 0.3) is 5.56 Å². The second kappa shape index (κ2) is 9.85. The van der Waals surface area contributed by atoms with Gasteiger partial charge in [-0.05, 0) is 59.0 Å². The van der Waals surface area contributed by atoms with Gasteiger partial charge in [-0.1, -0.05) is 103 Å². The Kier molecular flexibility index (Phi) is 5.37. The number of nitrogens with one attached hydrogen (secondary N) is 1. The Morgan fingerprint density at radius 1 is 0.653 bits per heavy atom. The molecule has 232 valence electrons. The number of rotatable bonds is 2. The zero-order chi connectivity index (χ0) is 32.2. The summed E-state index contributed by atoms with van der Waals surface area (Å²) >= 11 is 0. The number of fused-ring (bicyclic) bond motifs is 14. The molecule has 0 spiro atoms. The summed E-state index contributed by atoms with van der Waals surface area (Å²) < 4.78 is 8.59. The van der Waals surface area contributed by atoms with Crippen molar-refractivity contribution in [2.24, 2.45) is 0 Å². The van der Waals surface area contributed by atoms with Crippen molar-refractivity contribution in [3.63, 3.8) is 0 Å². The van der Waals surface area contributed by atoms with Gasteiger partial charge >= 0.3 is 0 Å². The monoisotopic (exact) mass is 631 g/mol. The Balaban J connectivity index is 1.21. The van der Waals surface area contributed by atoms with E-state index in [1.165, 1.54) is 16.7 Å². The van der Waals surface area contributed by atoms with E-state index in [1.54, 1.807) is 0 Å². The maximum Gasteiger partial charge on any atom is 0.257 e. The van der Waals surface area contributed by atoms with Crippen molar-refractivity contribution >= 4 is 54.9 Å². The summed E-state index contributed by atoms with van der Waals surface area (Å²) in [7, 11) is 0. The number of para-hydroxylation sites is 2. The Morgan fingerprint density at radius 3 is 2.41 bits per heavy atom. The highest BCUT2D eigenvalue weighted by molar-refractivity contribution is 6.25. The van der Waals surface area contributed by atoms with Gasteiger partial charge in [0, 0.05) is 44.6 Å². The molecule has 0 saturated carbocycles. The average molecular weight is 632 g/mol. The highest BCUT2D eigenvalue weighted by Gasteiger charge is 2.39. The summed E-state index contributed by atoms with van der Waals surface area (Å²) in [6.07, 6.45) is 8.80. The maximum atomic E-state index is 14.6. The number of hydrogen-bond acceptors (Lipinski definition) is 3. The van der Waals surface area contributed by atoms with E-state index in [0.717, 1.165) is 71.9 Å². The molecule has 49 heavy (non-hydrogen) atoms. The third kappa shape index (κ3) is 3.56. The smallest absolute Gasteiger partial charge is 0.257 e. The number of nitrogens with zero attached hydrogens (tertiary/aromatic N) is 2. The molecule has 5 nitrogen and oxygen atoms in total. The highest BCUT2D eigenvalue weighted by atomic mass is 16.5. The van der Waals surface area contributed by atoms with Gasteiger partial charge in [-0.25, -0.2) is 0 Å². The first-order chi connectivity index (χ1) is 24.3. The van der Waals surface area contributed by atoms with Crippen LogP contribution in [0.25, 0.3) is 60.3 Å². The van der Waals surface area contributed by atoms with Crippen molar-refractivity contribution in [2.75, 3.05) is 4.90 Å². The van der Waals surface area contributed by atoms with Crippen LogP contribution < -0.4 is 15.2 Å². The third-order valence-electron chi connectivity index (χ3n) is 10.8. The van der Waals surface area contributed by atoms with Crippen LogP contribution in [0.3, 0.4) is 0 Å². The number of hydrogen-bond donors (Lipinski definition) is 1. The van der Waals surface area contributed by atoms with Crippen molar-refractivity contribution in [2.45, 2.75) is 18.6 Å². The molecule has 2 atom stereocenters. The summed E-state index contributed by atoms with van der Waals surface area (Å²) in [5, 5.41) is 4.75. The minimum Gasteiger partial charge on any atom is -0.488 e. The van der Waals surface area contributed by atoms with E-state index >= 15 is 0 Å². The summed E-state index contributed by atoms with van der Waals surface area (Å²) in [5.74, 6) is 0.993. The SMILES string of the molecule is O=c1[nH]c2c3c(ccc2c2ccc4c(c5ccccc5n4-c4cccc5c4-c4ccccc4CO5)c12)N(c1ccccc1)C1C=CC=CC31. The summed E-state index contributed by atoms with van der Waals surface area (Å²) in [6.45, 7) is 0.549. The fourth-order valence-corrected chi connectivity index (χ4v) is 8.78. The Bertz CT molecular complexity index is 2820. The fraction of sp³-hybridized carbons (Fsp3) is 0.0682. The lowest BCUT2D eigenvalue weighted by Gasteiger charge is -2.28. The quantitative estimate of drug-likeness (QED) is 0.193. The molecule has 0 bridgehead atoms. The molecule has 1 N–H and O–H groups in total. The van der Waals surface area contributed by atoms with Crippen molar-refractivity contribution < 1.29 is 4.74 Å². The Morgan fingerprint density at radius 2 is 1.47 bits per heavy atom. The Labute approximate surface area is 281 Å². The van der Waals surface area contributed by atoms with Crippen LogP contribution in [0.5, 0.6) is 5.75 Å². The van der Waals surface area contributed by atoms with Gasteiger partial charge < -0.3 is 19.2 Å². The standard InChI is InChI=1S/C44H29N3O2/c48-44-42-29(30-22-24-37-41(43(30)45-44)32-16-7-8-17-33(32)46(37)27-12-2-1-3-13-27)21-23-36-40(42)31-15-6-9-18-34(31)47(36)35-19-10-20-38-39(35)28-14-5-4-11-26(28)25-49-38/h1-24,32-33H,25H2,(H,45,48). The zero-order valence-corrected chi connectivity index (χ0v) is 26.4. The van der Waals surface area contributed by atoms with Crippen LogP contribution in [-0.4, -0.2) is 15.6 Å². The van der Waals surface area contributed by atoms with Crippen LogP contribution in [-0.2, 0) is 6.61 Å². The normalized spacial score (nSPS) is 17.3. The van der Waals surface area contributed by atoms with Gasteiger partial charge in [-0.15, -0.1) is 0 Å². The number of pyridine rings is 1. The van der Waals surface area contributed by atoms with Gasteiger partial charge in [0.1, 0.15) is 12.4 Å². The number of aromatic amines is 1. The van der Waals surface area contributed by atoms with Crippen LogP contribution in [0, 0.1) is 0 Å². The lowest BCUT2D eigenvalue weighted by Crippen LogP contribution is -2.28. The highest BCUT2D eigenvalue weighted by Crippen LogP contribution is 2.51. The lowest BCUT2D eigenvalue weighted by molar-refractivity contribution is 0.302. The molecule has 2 aromatic heterocycles. The van der Waals surface area contributed by atoms with Gasteiger partial charge in [0.2, 0.25) is 0 Å². The molecule has 0 radical (unpaired) electrons. The van der Waals surface area contributed by atoms with E-state index < -0.39 is 0 Å². The van der Waals surface area contributed by atoms with Crippen molar-refractivity contribution in [3.05, 3.63) is 167 Å². The predicted molar refractivity (Wildman–Crippen MR) is 200 cm³/mol. The summed E-state index contributed by atoms with van der Waals surface area (Å²) in [6, 6.07) is 42.6. The number of benzene rings is 6. The van der Waals surface area contributed by atoms with Crippen LogP contribution >= 0.6 is 0 Å². The molecular formula is C44H29N3O2. The number of allylic oxidation sites excluding steroid dienone is 2. The third-order valence-corrected chi connectivity index (χ3v) is 10.8. The molecule has 6 aromatic carbocycles. The summed E-state index contributed by atoms with van der Waals surface area (Å²) in [5.41, 5.74) is 10.8. The maximum absolute atomic E-state index is 14.6. The largest absolute Gasteiger partial charge is 0.488 e. The van der Waals surface area contributed by atoms with Crippen LogP contribution in [0.15, 0.2) is 150 Å². The van der Waals surface area contributed by atoms with Crippen LogP contribution in [0.2, 0.25) is 0 Å². The van der Waals surface area contributed by atoms with Gasteiger partial charge in [-0.3, -0.25) is 4.79 Å². The molecule has 2 aliphatic heterocycles. The minimum atomic E-state index is -0.0711. The van der Waals surface area contributed by atoms with Crippen molar-refractivity contribution in [1.29, 1.82) is 0 Å². The predicted octanol–water partition coefficient (Wildman–Crippen LogP) is 10.1. The van der Waals surface area contributed by atoms with Gasteiger partial charge in [0.05, 0.1) is 33.7 Å². The first kappa shape index (κ1) is 26.7. The molecule has 0 fully saturated rings. The molecular weight excluding hydrogens is 603 g/mol. The molecule has 4 heterocycles. The van der Waals surface area contributed by atoms with E-state index in [1.807, 2.05) is 6.07 Å². The fourth-order valence-electron chi connectivity index (χ4n) is 8.78. The topological polar surface area (TPSA) is 50.3 Å². The van der Waals surface area contributed by atoms with E-state index in [9.17, 15) is 4.79 Å². The van der Waals surface area contributed by atoms with Gasteiger partial charge in [-0.2, -0.15) is 0 Å². The second-order valence-electron chi connectivity index (χ2n) is 13.2. The molecule has 0 amide bonds. The molecule has 8 aromatic rings. The first-order valence-corrected chi connectivity index (χ1v) is 16.8. The van der Waals surface area contributed by atoms with Crippen molar-refractivity contribution in [3.8, 4) is 22.6 Å². The molecule has 0 saturated heterocycles. The van der Waals surface area contributed by atoms with E-state index in [0.29, 0.717) is 6.61 Å². The average Bonchev–Trinajstić information content (AvgIpc) is 3.68. The lowest BCUT2D eigenvalue weighted by atomic mass is 9.89. The Hall–Kier alpha value is -6.33. The second-order valence-corrected chi connectivity index (χ2v) is 13.2. The minimum absolute atomic E-state index is 0.0711. The first-order valence-electron chi connectivity index (χ1n) is 16.8. The van der Waals surface area contributed by atoms with E-state index in [4.69, 9.17) is 4.74 Å². The van der Waals surface area contributed by atoms with Gasteiger partial charge in [0.15, 0.2) is 0 Å². The summed E-state index contributed by atoms with van der Waals surface area (Å²) in [4.78, 5) is 20.4. The van der Waals surface area contributed by atoms with Crippen LogP contribution in [0.4, 0.5) is 11.4 Å². The van der Waals surface area contributed by atoms with Crippen LogP contribution in [0.1, 0.15) is 17.0 Å².